The van der Waals surface area contributed by atoms with Crippen LogP contribution < -0.4 is 24.3 Å². The summed E-state index contributed by atoms with van der Waals surface area (Å²) in [6.45, 7) is 3.17. The predicted molar refractivity (Wildman–Crippen MR) is 104 cm³/mol. The largest absolute Gasteiger partial charge is 0.493 e. The molecule has 0 unspecified atom stereocenters. The van der Waals surface area contributed by atoms with Crippen LogP contribution in [-0.2, 0) is 4.79 Å². The van der Waals surface area contributed by atoms with Crippen LogP contribution in [0.1, 0.15) is 11.4 Å². The molecular weight excluding hydrogens is 395 g/mol. The highest BCUT2D eigenvalue weighted by atomic mass is 35.5. The molecule has 2 rings (SSSR count). The Labute approximate surface area is 167 Å². The summed E-state index contributed by atoms with van der Waals surface area (Å²) in [6, 6.07) is 3.22. The molecule has 0 spiro atoms. The van der Waals surface area contributed by atoms with E-state index in [0.717, 1.165) is 0 Å². The van der Waals surface area contributed by atoms with E-state index in [1.54, 1.807) is 26.0 Å². The number of amides is 1. The Kier molecular flexibility index (Phi) is 6.98. The van der Waals surface area contributed by atoms with Crippen LogP contribution in [0.2, 0.25) is 10.0 Å². The molecule has 0 saturated heterocycles. The van der Waals surface area contributed by atoms with Gasteiger partial charge in [0.05, 0.1) is 32.7 Å². The predicted octanol–water partition coefficient (Wildman–Crippen LogP) is 4.05. The number of halogens is 2. The fourth-order valence-corrected chi connectivity index (χ4v) is 2.82. The van der Waals surface area contributed by atoms with Crippen molar-refractivity contribution < 1.29 is 23.7 Å². The molecule has 146 valence electrons. The molecule has 7 nitrogen and oxygen atoms in total. The topological polar surface area (TPSA) is 78.9 Å². The van der Waals surface area contributed by atoms with E-state index in [0.29, 0.717) is 34.3 Å². The van der Waals surface area contributed by atoms with Crippen molar-refractivity contribution in [1.82, 2.24) is 4.98 Å². The van der Waals surface area contributed by atoms with Crippen LogP contribution in [0.4, 0.5) is 5.69 Å². The van der Waals surface area contributed by atoms with Gasteiger partial charge in [-0.3, -0.25) is 9.78 Å². The number of hydrogen-bond donors (Lipinski definition) is 1. The van der Waals surface area contributed by atoms with Crippen LogP contribution in [0.5, 0.6) is 23.0 Å². The van der Waals surface area contributed by atoms with Gasteiger partial charge in [0.1, 0.15) is 10.0 Å². The number of carbonyl (C=O) groups is 1. The SMILES string of the molecule is COc1cc(NC(=O)COc2c(Cl)c(C)nc(C)c2Cl)cc(OC)c1OC. The number of nitrogens with one attached hydrogen (secondary N) is 1. The number of nitrogens with zero attached hydrogens (tertiary/aromatic N) is 1. The van der Waals surface area contributed by atoms with E-state index in [-0.39, 0.29) is 22.4 Å². The van der Waals surface area contributed by atoms with Gasteiger partial charge in [-0.1, -0.05) is 23.2 Å². The minimum atomic E-state index is -0.413. The van der Waals surface area contributed by atoms with Gasteiger partial charge < -0.3 is 24.3 Å². The standard InChI is InChI=1S/C18H20Cl2N2O5/c1-9-15(19)18(16(20)10(2)21-9)27-8-14(23)22-11-6-12(24-3)17(26-5)13(7-11)25-4/h6-7H,8H2,1-5H3,(H,22,23). The number of aryl methyl sites for hydroxylation is 2. The van der Waals surface area contributed by atoms with E-state index >= 15 is 0 Å². The summed E-state index contributed by atoms with van der Waals surface area (Å²) in [6.07, 6.45) is 0. The van der Waals surface area contributed by atoms with Gasteiger partial charge in [0.2, 0.25) is 5.75 Å². The van der Waals surface area contributed by atoms with E-state index in [9.17, 15) is 4.79 Å². The maximum atomic E-state index is 12.3. The Morgan fingerprint density at radius 3 is 1.93 bits per heavy atom. The number of methoxy groups -OCH3 is 3. The van der Waals surface area contributed by atoms with Gasteiger partial charge in [-0.2, -0.15) is 0 Å². The Morgan fingerprint density at radius 2 is 1.48 bits per heavy atom. The van der Waals surface area contributed by atoms with E-state index in [4.69, 9.17) is 42.1 Å². The first-order valence-corrected chi connectivity index (χ1v) is 8.62. The van der Waals surface area contributed by atoms with Crippen LogP contribution in [-0.4, -0.2) is 38.8 Å². The Hall–Kier alpha value is -2.38. The molecule has 0 atom stereocenters. The molecule has 0 saturated carbocycles. The van der Waals surface area contributed by atoms with Crippen LogP contribution in [0.3, 0.4) is 0 Å². The van der Waals surface area contributed by atoms with Crippen molar-refractivity contribution in [3.8, 4) is 23.0 Å². The Balaban J connectivity index is 2.15. The second-order valence-corrected chi connectivity index (χ2v) is 6.25. The second-order valence-electron chi connectivity index (χ2n) is 5.49. The van der Waals surface area contributed by atoms with E-state index < -0.39 is 5.91 Å². The summed E-state index contributed by atoms with van der Waals surface area (Å²) in [5, 5.41) is 3.24. The minimum Gasteiger partial charge on any atom is -0.493 e. The molecule has 1 aromatic carbocycles. The molecule has 1 N–H and O–H groups in total. The number of benzene rings is 1. The fourth-order valence-electron chi connectivity index (χ4n) is 2.39. The van der Waals surface area contributed by atoms with Gasteiger partial charge in [-0.15, -0.1) is 0 Å². The van der Waals surface area contributed by atoms with Gasteiger partial charge >= 0.3 is 0 Å². The van der Waals surface area contributed by atoms with Crippen molar-refractivity contribution >= 4 is 34.8 Å². The lowest BCUT2D eigenvalue weighted by Crippen LogP contribution is -2.20. The second kappa shape index (κ2) is 9.01. The Morgan fingerprint density at radius 1 is 0.963 bits per heavy atom. The molecular formula is C18H20Cl2N2O5. The molecule has 0 fully saturated rings. The first kappa shape index (κ1) is 20.9. The van der Waals surface area contributed by atoms with Crippen molar-refractivity contribution in [2.45, 2.75) is 13.8 Å². The summed E-state index contributed by atoms with van der Waals surface area (Å²) in [5.74, 6) is 1.07. The maximum Gasteiger partial charge on any atom is 0.262 e. The highest BCUT2D eigenvalue weighted by molar-refractivity contribution is 6.37. The molecule has 1 amide bonds. The molecule has 0 radical (unpaired) electrons. The molecule has 1 aromatic heterocycles. The van der Waals surface area contributed by atoms with Crippen LogP contribution in [0.15, 0.2) is 12.1 Å². The lowest BCUT2D eigenvalue weighted by molar-refractivity contribution is -0.118. The number of anilines is 1. The minimum absolute atomic E-state index is 0.225. The molecule has 0 aliphatic rings. The van der Waals surface area contributed by atoms with Crippen molar-refractivity contribution in [2.24, 2.45) is 0 Å². The van der Waals surface area contributed by atoms with Gasteiger partial charge in [-0.05, 0) is 13.8 Å². The lowest BCUT2D eigenvalue weighted by atomic mass is 10.2. The van der Waals surface area contributed by atoms with Crippen LogP contribution >= 0.6 is 23.2 Å². The summed E-state index contributed by atoms with van der Waals surface area (Å²) >= 11 is 12.4. The van der Waals surface area contributed by atoms with E-state index in [1.807, 2.05) is 0 Å². The molecule has 9 heteroatoms. The number of hydrogen-bond acceptors (Lipinski definition) is 6. The smallest absolute Gasteiger partial charge is 0.262 e. The van der Waals surface area contributed by atoms with Gasteiger partial charge in [0.25, 0.3) is 5.91 Å². The first-order valence-electron chi connectivity index (χ1n) is 7.87. The molecule has 0 aliphatic heterocycles. The zero-order valence-corrected chi connectivity index (χ0v) is 17.1. The highest BCUT2D eigenvalue weighted by Gasteiger charge is 2.17. The first-order chi connectivity index (χ1) is 12.8. The highest BCUT2D eigenvalue weighted by Crippen LogP contribution is 2.40. The van der Waals surface area contributed by atoms with Gasteiger partial charge in [0.15, 0.2) is 23.9 Å². The number of aromatic nitrogens is 1. The van der Waals surface area contributed by atoms with E-state index in [1.165, 1.54) is 21.3 Å². The third-order valence-corrected chi connectivity index (χ3v) is 4.56. The number of rotatable bonds is 7. The molecule has 0 aliphatic carbocycles. The van der Waals surface area contributed by atoms with Crippen molar-refractivity contribution in [1.29, 1.82) is 0 Å². The van der Waals surface area contributed by atoms with E-state index in [2.05, 4.69) is 10.3 Å². The van der Waals surface area contributed by atoms with Gasteiger partial charge in [-0.25, -0.2) is 0 Å². The third-order valence-electron chi connectivity index (χ3n) is 3.67. The fraction of sp³-hybridized carbons (Fsp3) is 0.333. The van der Waals surface area contributed by atoms with Crippen molar-refractivity contribution in [2.75, 3.05) is 33.3 Å². The normalized spacial score (nSPS) is 10.3. The molecule has 2 aromatic rings. The summed E-state index contributed by atoms with van der Waals surface area (Å²) in [7, 11) is 4.48. The van der Waals surface area contributed by atoms with Crippen molar-refractivity contribution in [3.05, 3.63) is 33.6 Å². The van der Waals surface area contributed by atoms with Crippen LogP contribution in [0, 0.1) is 13.8 Å². The zero-order chi connectivity index (χ0) is 20.1. The molecule has 27 heavy (non-hydrogen) atoms. The quantitative estimate of drug-likeness (QED) is 0.735. The monoisotopic (exact) mass is 414 g/mol. The number of pyridine rings is 1. The molecule has 0 bridgehead atoms. The summed E-state index contributed by atoms with van der Waals surface area (Å²) < 4.78 is 21.3. The number of carbonyl (C=O) groups excluding carboxylic acids is 1. The van der Waals surface area contributed by atoms with Crippen LogP contribution in [0.25, 0.3) is 0 Å². The average molecular weight is 415 g/mol. The summed E-state index contributed by atoms with van der Waals surface area (Å²) in [4.78, 5) is 16.5. The third kappa shape index (κ3) is 4.67. The average Bonchev–Trinajstić information content (AvgIpc) is 2.65. The summed E-state index contributed by atoms with van der Waals surface area (Å²) in [5.41, 5.74) is 1.59. The number of ether oxygens (including phenoxy) is 4. The maximum absolute atomic E-state index is 12.3. The lowest BCUT2D eigenvalue weighted by Gasteiger charge is -2.15. The zero-order valence-electron chi connectivity index (χ0n) is 15.6. The van der Waals surface area contributed by atoms with Gasteiger partial charge in [0, 0.05) is 17.8 Å². The molecule has 1 heterocycles. The van der Waals surface area contributed by atoms with Crippen molar-refractivity contribution in [3.63, 3.8) is 0 Å². The Bertz CT molecular complexity index is 807.